The molecule has 0 fully saturated rings. The summed E-state index contributed by atoms with van der Waals surface area (Å²) in [4.78, 5) is 8.24. The fourth-order valence-electron chi connectivity index (χ4n) is 1.10. The van der Waals surface area contributed by atoms with E-state index in [1.54, 1.807) is 12.4 Å². The Hall–Kier alpha value is -1.75. The van der Waals surface area contributed by atoms with E-state index >= 15 is 0 Å². The summed E-state index contributed by atoms with van der Waals surface area (Å²) in [6.07, 6.45) is 3.43. The van der Waals surface area contributed by atoms with Crippen LogP contribution >= 0.6 is 0 Å². The predicted octanol–water partition coefficient (Wildman–Crippen LogP) is 0.886. The first-order valence-corrected chi connectivity index (χ1v) is 4.35. The molecule has 1 atom stereocenters. The summed E-state index contributed by atoms with van der Waals surface area (Å²) >= 11 is 0. The molecule has 2 rings (SSSR count). The van der Waals surface area contributed by atoms with Crippen LogP contribution in [0.25, 0.3) is 11.4 Å². The van der Waals surface area contributed by atoms with Gasteiger partial charge < -0.3 is 5.73 Å². The smallest absolute Gasteiger partial charge is 0.182 e. The summed E-state index contributed by atoms with van der Waals surface area (Å²) in [6, 6.07) is 3.62. The number of hydrogen-bond acceptors (Lipinski definition) is 4. The third-order valence-corrected chi connectivity index (χ3v) is 1.85. The van der Waals surface area contributed by atoms with Crippen LogP contribution in [0, 0.1) is 0 Å². The molecule has 5 heteroatoms. The van der Waals surface area contributed by atoms with E-state index in [1.807, 2.05) is 19.1 Å². The highest BCUT2D eigenvalue weighted by atomic mass is 15.2. The monoisotopic (exact) mass is 189 g/mol. The van der Waals surface area contributed by atoms with E-state index in [-0.39, 0.29) is 6.04 Å². The molecule has 0 aliphatic carbocycles. The molecule has 3 N–H and O–H groups in total. The van der Waals surface area contributed by atoms with Gasteiger partial charge in [-0.3, -0.25) is 10.1 Å². The molecule has 0 bridgehead atoms. The number of nitrogens with two attached hydrogens (primary N) is 1. The minimum absolute atomic E-state index is 0.132. The Kier molecular flexibility index (Phi) is 2.24. The molecule has 72 valence electrons. The predicted molar refractivity (Wildman–Crippen MR) is 52.2 cm³/mol. The summed E-state index contributed by atoms with van der Waals surface area (Å²) in [6.45, 7) is 1.85. The van der Waals surface area contributed by atoms with Crippen molar-refractivity contribution in [3.8, 4) is 11.4 Å². The zero-order chi connectivity index (χ0) is 9.97. The SMILES string of the molecule is C[C@@H](N)c1nc(-c2cccnc2)n[nH]1. The van der Waals surface area contributed by atoms with E-state index in [0.29, 0.717) is 11.6 Å². The van der Waals surface area contributed by atoms with Crippen molar-refractivity contribution in [2.24, 2.45) is 5.73 Å². The Morgan fingerprint density at radius 3 is 2.93 bits per heavy atom. The van der Waals surface area contributed by atoms with Gasteiger partial charge in [0.25, 0.3) is 0 Å². The van der Waals surface area contributed by atoms with Crippen LogP contribution in [0.15, 0.2) is 24.5 Å². The molecule has 2 aromatic heterocycles. The highest BCUT2D eigenvalue weighted by Crippen LogP contribution is 2.13. The lowest BCUT2D eigenvalue weighted by Gasteiger charge is -1.95. The fraction of sp³-hybridized carbons (Fsp3) is 0.222. The Bertz CT molecular complexity index is 406. The largest absolute Gasteiger partial charge is 0.322 e. The standard InChI is InChI=1S/C9H11N5/c1-6(10)8-12-9(14-13-8)7-3-2-4-11-5-7/h2-6H,10H2,1H3,(H,12,13,14)/t6-/m1/s1. The Morgan fingerprint density at radius 2 is 2.36 bits per heavy atom. The van der Waals surface area contributed by atoms with Crippen molar-refractivity contribution in [2.75, 3.05) is 0 Å². The molecule has 2 heterocycles. The maximum absolute atomic E-state index is 5.66. The van der Waals surface area contributed by atoms with Crippen molar-refractivity contribution >= 4 is 0 Å². The second-order valence-corrected chi connectivity index (χ2v) is 3.07. The van der Waals surface area contributed by atoms with E-state index in [9.17, 15) is 0 Å². The Labute approximate surface area is 81.4 Å². The molecule has 0 radical (unpaired) electrons. The minimum atomic E-state index is -0.132. The summed E-state index contributed by atoms with van der Waals surface area (Å²) in [5.41, 5.74) is 6.54. The molecule has 0 aliphatic heterocycles. The normalized spacial score (nSPS) is 12.7. The summed E-state index contributed by atoms with van der Waals surface area (Å²) in [5, 5.41) is 6.84. The Balaban J connectivity index is 2.34. The van der Waals surface area contributed by atoms with Gasteiger partial charge in [0.1, 0.15) is 5.82 Å². The van der Waals surface area contributed by atoms with Crippen LogP contribution in [0.3, 0.4) is 0 Å². The van der Waals surface area contributed by atoms with Gasteiger partial charge in [-0.2, -0.15) is 5.10 Å². The average Bonchev–Trinajstić information content (AvgIpc) is 2.68. The van der Waals surface area contributed by atoms with Crippen LogP contribution < -0.4 is 5.73 Å². The van der Waals surface area contributed by atoms with Gasteiger partial charge in [0.2, 0.25) is 0 Å². The van der Waals surface area contributed by atoms with E-state index in [2.05, 4.69) is 20.2 Å². The maximum Gasteiger partial charge on any atom is 0.182 e. The van der Waals surface area contributed by atoms with E-state index in [1.165, 1.54) is 0 Å². The van der Waals surface area contributed by atoms with Crippen LogP contribution in [0.2, 0.25) is 0 Å². The zero-order valence-corrected chi connectivity index (χ0v) is 7.81. The minimum Gasteiger partial charge on any atom is -0.322 e. The molecule has 0 spiro atoms. The summed E-state index contributed by atoms with van der Waals surface area (Å²) in [7, 11) is 0. The number of H-pyrrole nitrogens is 1. The van der Waals surface area contributed by atoms with Crippen LogP contribution in [-0.2, 0) is 0 Å². The molecule has 0 saturated carbocycles. The van der Waals surface area contributed by atoms with Crippen molar-refractivity contribution in [3.05, 3.63) is 30.4 Å². The van der Waals surface area contributed by atoms with E-state index < -0.39 is 0 Å². The molecule has 5 nitrogen and oxygen atoms in total. The van der Waals surface area contributed by atoms with Crippen LogP contribution in [0.5, 0.6) is 0 Å². The topological polar surface area (TPSA) is 80.5 Å². The number of hydrogen-bond donors (Lipinski definition) is 2. The van der Waals surface area contributed by atoms with Gasteiger partial charge in [0, 0.05) is 18.0 Å². The second kappa shape index (κ2) is 3.55. The van der Waals surface area contributed by atoms with E-state index in [4.69, 9.17) is 5.73 Å². The average molecular weight is 189 g/mol. The molecule has 0 saturated heterocycles. The van der Waals surface area contributed by atoms with Crippen LogP contribution in [0.1, 0.15) is 18.8 Å². The van der Waals surface area contributed by atoms with Crippen LogP contribution in [-0.4, -0.2) is 20.2 Å². The lowest BCUT2D eigenvalue weighted by molar-refractivity contribution is 0.745. The number of nitrogens with one attached hydrogen (secondary N) is 1. The molecule has 0 unspecified atom stereocenters. The van der Waals surface area contributed by atoms with Crippen molar-refractivity contribution < 1.29 is 0 Å². The van der Waals surface area contributed by atoms with Gasteiger partial charge in [-0.05, 0) is 19.1 Å². The summed E-state index contributed by atoms with van der Waals surface area (Å²) in [5.74, 6) is 1.31. The number of aromatic amines is 1. The van der Waals surface area contributed by atoms with Gasteiger partial charge >= 0.3 is 0 Å². The highest BCUT2D eigenvalue weighted by molar-refractivity contribution is 5.52. The van der Waals surface area contributed by atoms with Crippen LogP contribution in [0.4, 0.5) is 0 Å². The number of rotatable bonds is 2. The first kappa shape index (κ1) is 8.83. The van der Waals surface area contributed by atoms with Crippen molar-refractivity contribution in [2.45, 2.75) is 13.0 Å². The van der Waals surface area contributed by atoms with Gasteiger partial charge in [-0.15, -0.1) is 0 Å². The lowest BCUT2D eigenvalue weighted by Crippen LogP contribution is -2.06. The number of aromatic nitrogens is 4. The van der Waals surface area contributed by atoms with Gasteiger partial charge in [0.05, 0.1) is 6.04 Å². The Morgan fingerprint density at radius 1 is 1.50 bits per heavy atom. The number of pyridine rings is 1. The summed E-state index contributed by atoms with van der Waals surface area (Å²) < 4.78 is 0. The van der Waals surface area contributed by atoms with Gasteiger partial charge in [0.15, 0.2) is 5.82 Å². The molecule has 0 aromatic carbocycles. The van der Waals surface area contributed by atoms with Crippen molar-refractivity contribution in [1.82, 2.24) is 20.2 Å². The third kappa shape index (κ3) is 1.62. The van der Waals surface area contributed by atoms with Crippen molar-refractivity contribution in [1.29, 1.82) is 0 Å². The second-order valence-electron chi connectivity index (χ2n) is 3.07. The molecule has 0 aliphatic rings. The zero-order valence-electron chi connectivity index (χ0n) is 7.81. The third-order valence-electron chi connectivity index (χ3n) is 1.85. The molecule has 14 heavy (non-hydrogen) atoms. The molecule has 0 amide bonds. The first-order valence-electron chi connectivity index (χ1n) is 4.35. The maximum atomic E-state index is 5.66. The molecular weight excluding hydrogens is 178 g/mol. The van der Waals surface area contributed by atoms with Gasteiger partial charge in [-0.25, -0.2) is 4.98 Å². The highest BCUT2D eigenvalue weighted by Gasteiger charge is 2.07. The number of nitrogens with zero attached hydrogens (tertiary/aromatic N) is 3. The first-order chi connectivity index (χ1) is 6.77. The van der Waals surface area contributed by atoms with Crippen molar-refractivity contribution in [3.63, 3.8) is 0 Å². The lowest BCUT2D eigenvalue weighted by atomic mass is 10.3. The van der Waals surface area contributed by atoms with Gasteiger partial charge in [-0.1, -0.05) is 0 Å². The quantitative estimate of drug-likeness (QED) is 0.735. The van der Waals surface area contributed by atoms with E-state index in [0.717, 1.165) is 5.56 Å². The molecular formula is C9H11N5. The molecule has 2 aromatic rings. The fourth-order valence-corrected chi connectivity index (χ4v) is 1.10.